The molecule has 0 heterocycles. The third-order valence-electron chi connectivity index (χ3n) is 1.23. The van der Waals surface area contributed by atoms with Gasteiger partial charge >= 0.3 is 11.9 Å². The lowest BCUT2D eigenvalue weighted by molar-refractivity contribution is -0.176. The molecule has 128 valence electrons. The van der Waals surface area contributed by atoms with Crippen LogP contribution in [0.4, 0.5) is 0 Å². The summed E-state index contributed by atoms with van der Waals surface area (Å²) in [5.74, 6) is -2.79. The van der Waals surface area contributed by atoms with Crippen molar-refractivity contribution in [3.63, 3.8) is 0 Å². The zero-order valence-corrected chi connectivity index (χ0v) is 13.1. The lowest BCUT2D eigenvalue weighted by atomic mass is 10.2. The molecular formula is C14H24O8. The van der Waals surface area contributed by atoms with Crippen molar-refractivity contribution in [3.05, 3.63) is 25.3 Å². The Morgan fingerprint density at radius 1 is 1.00 bits per heavy atom. The van der Waals surface area contributed by atoms with Gasteiger partial charge in [0.25, 0.3) is 5.78 Å². The largest absolute Gasteiger partial charge is 0.461 e. The first kappa shape index (κ1) is 25.0. The first-order valence-electron chi connectivity index (χ1n) is 6.11. The summed E-state index contributed by atoms with van der Waals surface area (Å²) < 4.78 is 8.93. The van der Waals surface area contributed by atoms with Crippen LogP contribution in [0.1, 0.15) is 27.2 Å². The predicted molar refractivity (Wildman–Crippen MR) is 79.2 cm³/mol. The molecule has 0 aliphatic rings. The Labute approximate surface area is 129 Å². The van der Waals surface area contributed by atoms with Crippen molar-refractivity contribution in [2.24, 2.45) is 0 Å². The zero-order valence-electron chi connectivity index (χ0n) is 13.1. The van der Waals surface area contributed by atoms with Gasteiger partial charge in [-0.3, -0.25) is 20.1 Å². The van der Waals surface area contributed by atoms with E-state index in [0.29, 0.717) is 0 Å². The molecule has 0 rings (SSSR count). The number of ether oxygens (including phenoxy) is 2. The molecule has 8 nitrogen and oxygen atoms in total. The van der Waals surface area contributed by atoms with Crippen LogP contribution in [0.3, 0.4) is 0 Å². The smallest absolute Gasteiger partial charge is 0.375 e. The molecule has 8 heteroatoms. The Morgan fingerprint density at radius 2 is 1.36 bits per heavy atom. The van der Waals surface area contributed by atoms with Gasteiger partial charge in [-0.05, 0) is 20.8 Å². The van der Waals surface area contributed by atoms with E-state index < -0.39 is 29.7 Å². The molecular weight excluding hydrogens is 296 g/mol. The van der Waals surface area contributed by atoms with Gasteiger partial charge in [-0.1, -0.05) is 25.3 Å². The second-order valence-corrected chi connectivity index (χ2v) is 4.63. The van der Waals surface area contributed by atoms with E-state index in [1.54, 1.807) is 20.8 Å². The van der Waals surface area contributed by atoms with Crippen LogP contribution in [0.15, 0.2) is 25.3 Å². The van der Waals surface area contributed by atoms with E-state index in [0.717, 1.165) is 0 Å². The molecule has 0 saturated carbocycles. The van der Waals surface area contributed by atoms with Crippen molar-refractivity contribution in [2.75, 3.05) is 13.2 Å². The van der Waals surface area contributed by atoms with Crippen LogP contribution in [0.25, 0.3) is 0 Å². The number of ketones is 1. The molecule has 0 aromatic heterocycles. The monoisotopic (exact) mass is 320 g/mol. The Kier molecular flexibility index (Phi) is 17.4. The maximum atomic E-state index is 11.0. The molecule has 0 amide bonds. The summed E-state index contributed by atoms with van der Waals surface area (Å²) in [5.41, 5.74) is -0.500. The zero-order chi connectivity index (χ0) is 18.2. The SMILES string of the molecule is C=CCOC(=O)CC(=O)C(=O)OCC=C.CC(C)(C)O.OO. The second kappa shape index (κ2) is 15.4. The van der Waals surface area contributed by atoms with Crippen LogP contribution < -0.4 is 0 Å². The van der Waals surface area contributed by atoms with Crippen molar-refractivity contribution < 1.29 is 39.5 Å². The van der Waals surface area contributed by atoms with Crippen molar-refractivity contribution in [2.45, 2.75) is 32.8 Å². The molecule has 3 N–H and O–H groups in total. The number of aliphatic hydroxyl groups is 1. The molecule has 0 aromatic rings. The van der Waals surface area contributed by atoms with Gasteiger partial charge < -0.3 is 14.6 Å². The fraction of sp³-hybridized carbons (Fsp3) is 0.500. The van der Waals surface area contributed by atoms with E-state index >= 15 is 0 Å². The normalized spacial score (nSPS) is 9.00. The maximum absolute atomic E-state index is 11.0. The molecule has 0 unspecified atom stereocenters. The highest BCUT2D eigenvalue weighted by Gasteiger charge is 2.19. The molecule has 0 aliphatic carbocycles. The number of carbonyl (C=O) groups excluding carboxylic acids is 3. The number of Topliss-reactive ketones (excluding diaryl/α,β-unsaturated/α-hetero) is 1. The van der Waals surface area contributed by atoms with E-state index in [1.807, 2.05) is 0 Å². The van der Waals surface area contributed by atoms with Crippen LogP contribution in [0.2, 0.25) is 0 Å². The van der Waals surface area contributed by atoms with Crippen LogP contribution in [-0.2, 0) is 23.9 Å². The fourth-order valence-electron chi connectivity index (χ4n) is 0.621. The van der Waals surface area contributed by atoms with E-state index in [2.05, 4.69) is 22.6 Å². The first-order valence-corrected chi connectivity index (χ1v) is 6.11. The number of hydrogen-bond donors (Lipinski definition) is 3. The summed E-state index contributed by atoms with van der Waals surface area (Å²) in [6.07, 6.45) is 2.06. The number of carbonyl (C=O) groups is 3. The summed E-state index contributed by atoms with van der Waals surface area (Å²) in [7, 11) is 0. The lowest BCUT2D eigenvalue weighted by Crippen LogP contribution is -2.21. The number of esters is 2. The lowest BCUT2D eigenvalue weighted by Gasteiger charge is -2.04. The van der Waals surface area contributed by atoms with E-state index in [-0.39, 0.29) is 13.2 Å². The quantitative estimate of drug-likeness (QED) is 0.159. The number of rotatable bonds is 7. The first-order chi connectivity index (χ1) is 10.1. The predicted octanol–water partition coefficient (Wildman–Crippen LogP) is 1.20. The second-order valence-electron chi connectivity index (χ2n) is 4.63. The van der Waals surface area contributed by atoms with E-state index in [1.165, 1.54) is 12.2 Å². The minimum absolute atomic E-state index is 0.00776. The Bertz CT molecular complexity index is 348. The van der Waals surface area contributed by atoms with E-state index in [9.17, 15) is 14.4 Å². The van der Waals surface area contributed by atoms with Crippen molar-refractivity contribution in [1.29, 1.82) is 0 Å². The van der Waals surface area contributed by atoms with Gasteiger partial charge in [-0.15, -0.1) is 0 Å². The molecule has 0 saturated heterocycles. The molecule has 0 aliphatic heterocycles. The van der Waals surface area contributed by atoms with E-state index in [4.69, 9.17) is 15.6 Å². The summed E-state index contributed by atoms with van der Waals surface area (Å²) in [4.78, 5) is 32.7. The molecule has 22 heavy (non-hydrogen) atoms. The third kappa shape index (κ3) is 26.5. The summed E-state index contributed by atoms with van der Waals surface area (Å²) in [5, 5.41) is 20.5. The molecule has 0 aromatic carbocycles. The Morgan fingerprint density at radius 3 is 1.73 bits per heavy atom. The molecule has 0 spiro atoms. The van der Waals surface area contributed by atoms with Crippen LogP contribution in [-0.4, -0.2) is 52.2 Å². The van der Waals surface area contributed by atoms with Gasteiger partial charge in [0.2, 0.25) is 0 Å². The van der Waals surface area contributed by atoms with Crippen molar-refractivity contribution in [1.82, 2.24) is 0 Å². The van der Waals surface area contributed by atoms with Crippen LogP contribution >= 0.6 is 0 Å². The fourth-order valence-corrected chi connectivity index (χ4v) is 0.621. The molecule has 0 atom stereocenters. The minimum Gasteiger partial charge on any atom is -0.461 e. The third-order valence-corrected chi connectivity index (χ3v) is 1.23. The van der Waals surface area contributed by atoms with Crippen LogP contribution in [0.5, 0.6) is 0 Å². The Hall–Kier alpha value is -2.03. The standard InChI is InChI=1S/C10H12O5.C4H10O.H2O2/c1-3-5-14-9(12)7-8(11)10(13)15-6-4-2;1-4(2,3)5;1-2/h3-4H,1-2,5-7H2;5H,1-3H3;1-2H. The molecule has 0 fully saturated rings. The van der Waals surface area contributed by atoms with Gasteiger partial charge in [0.05, 0.1) is 5.60 Å². The summed E-state index contributed by atoms with van der Waals surface area (Å²) in [6.45, 7) is 11.8. The van der Waals surface area contributed by atoms with Gasteiger partial charge in [0, 0.05) is 0 Å². The highest BCUT2D eigenvalue weighted by Crippen LogP contribution is 1.93. The maximum Gasteiger partial charge on any atom is 0.375 e. The average molecular weight is 320 g/mol. The highest BCUT2D eigenvalue weighted by atomic mass is 17.0. The van der Waals surface area contributed by atoms with Crippen LogP contribution in [0, 0.1) is 0 Å². The topological polar surface area (TPSA) is 130 Å². The Balaban J connectivity index is -0.000000434. The van der Waals surface area contributed by atoms with Gasteiger partial charge in [0.15, 0.2) is 0 Å². The van der Waals surface area contributed by atoms with Crippen molar-refractivity contribution >= 4 is 17.7 Å². The average Bonchev–Trinajstić information content (AvgIpc) is 2.42. The summed E-state index contributed by atoms with van der Waals surface area (Å²) in [6, 6.07) is 0. The molecule has 0 bridgehead atoms. The summed E-state index contributed by atoms with van der Waals surface area (Å²) >= 11 is 0. The van der Waals surface area contributed by atoms with Gasteiger partial charge in [-0.25, -0.2) is 4.79 Å². The van der Waals surface area contributed by atoms with Gasteiger partial charge in [-0.2, -0.15) is 0 Å². The highest BCUT2D eigenvalue weighted by molar-refractivity contribution is 6.36. The number of hydrogen-bond acceptors (Lipinski definition) is 8. The van der Waals surface area contributed by atoms with Crippen molar-refractivity contribution in [3.8, 4) is 0 Å². The molecule has 0 radical (unpaired) electrons. The minimum atomic E-state index is -1.06. The van der Waals surface area contributed by atoms with Gasteiger partial charge in [0.1, 0.15) is 19.6 Å².